The van der Waals surface area contributed by atoms with E-state index in [-0.39, 0.29) is 0 Å². The fraction of sp³-hybridized carbons (Fsp3) is 0.533. The van der Waals surface area contributed by atoms with Crippen molar-refractivity contribution in [1.82, 2.24) is 0 Å². The third-order valence-electron chi connectivity index (χ3n) is 3.92. The second kappa shape index (κ2) is 5.77. The van der Waals surface area contributed by atoms with Gasteiger partial charge in [0.1, 0.15) is 6.07 Å². The van der Waals surface area contributed by atoms with Gasteiger partial charge in [-0.2, -0.15) is 5.26 Å². The van der Waals surface area contributed by atoms with Crippen LogP contribution in [0.25, 0.3) is 0 Å². The van der Waals surface area contributed by atoms with Crippen LogP contribution < -0.4 is 11.1 Å². The van der Waals surface area contributed by atoms with Crippen LogP contribution in [-0.2, 0) is 0 Å². The molecule has 0 amide bonds. The van der Waals surface area contributed by atoms with Crippen molar-refractivity contribution in [3.05, 3.63) is 23.8 Å². The van der Waals surface area contributed by atoms with E-state index in [1.54, 1.807) is 6.07 Å². The Morgan fingerprint density at radius 2 is 2.06 bits per heavy atom. The van der Waals surface area contributed by atoms with Gasteiger partial charge in [0, 0.05) is 11.7 Å². The van der Waals surface area contributed by atoms with E-state index in [9.17, 15) is 0 Å². The lowest BCUT2D eigenvalue weighted by atomic mass is 9.84. The van der Waals surface area contributed by atoms with E-state index in [2.05, 4.69) is 18.3 Å². The molecule has 0 bridgehead atoms. The number of nitrogen functional groups attached to an aromatic ring is 1. The highest BCUT2D eigenvalue weighted by atomic mass is 14.9. The van der Waals surface area contributed by atoms with Gasteiger partial charge in [0.2, 0.25) is 0 Å². The van der Waals surface area contributed by atoms with Gasteiger partial charge in [-0.15, -0.1) is 0 Å². The molecule has 0 radical (unpaired) electrons. The standard InChI is InChI=1S/C15H21N3/c1-11(12-5-3-2-4-6-12)18-14-8-7-13(10-16)15(17)9-14/h7-9,11-12,18H,2-6,17H2,1H3. The number of nitrogens with zero attached hydrogens (tertiary/aromatic N) is 1. The number of anilines is 2. The summed E-state index contributed by atoms with van der Waals surface area (Å²) in [5.41, 5.74) is 7.94. The molecule has 0 aromatic heterocycles. The Labute approximate surface area is 109 Å². The molecule has 1 aliphatic carbocycles. The summed E-state index contributed by atoms with van der Waals surface area (Å²) in [5.74, 6) is 0.760. The fourth-order valence-electron chi connectivity index (χ4n) is 2.77. The zero-order valence-corrected chi connectivity index (χ0v) is 10.9. The predicted octanol–water partition coefficient (Wildman–Crippen LogP) is 3.52. The van der Waals surface area contributed by atoms with Crippen LogP contribution in [0.1, 0.15) is 44.6 Å². The quantitative estimate of drug-likeness (QED) is 0.798. The normalized spacial score (nSPS) is 18.0. The summed E-state index contributed by atoms with van der Waals surface area (Å²) in [6.45, 7) is 2.24. The van der Waals surface area contributed by atoms with E-state index in [1.165, 1.54) is 32.1 Å². The lowest BCUT2D eigenvalue weighted by Crippen LogP contribution is -2.27. The van der Waals surface area contributed by atoms with Crippen LogP contribution in [0, 0.1) is 17.2 Å². The number of benzene rings is 1. The van der Waals surface area contributed by atoms with E-state index in [1.807, 2.05) is 12.1 Å². The number of nitrogens with one attached hydrogen (secondary N) is 1. The fourth-order valence-corrected chi connectivity index (χ4v) is 2.77. The maximum atomic E-state index is 8.84. The van der Waals surface area contributed by atoms with Gasteiger partial charge in [-0.1, -0.05) is 19.3 Å². The summed E-state index contributed by atoms with van der Waals surface area (Å²) < 4.78 is 0. The van der Waals surface area contributed by atoms with E-state index in [0.29, 0.717) is 17.3 Å². The second-order valence-electron chi connectivity index (χ2n) is 5.24. The summed E-state index contributed by atoms with van der Waals surface area (Å²) in [6.07, 6.45) is 6.73. The first-order valence-corrected chi connectivity index (χ1v) is 6.77. The Hall–Kier alpha value is -1.69. The summed E-state index contributed by atoms with van der Waals surface area (Å²) >= 11 is 0. The molecule has 1 aromatic carbocycles. The van der Waals surface area contributed by atoms with Crippen LogP contribution in [0.15, 0.2) is 18.2 Å². The van der Waals surface area contributed by atoms with Crippen molar-refractivity contribution < 1.29 is 0 Å². The third-order valence-corrected chi connectivity index (χ3v) is 3.92. The average Bonchev–Trinajstić information content (AvgIpc) is 2.40. The van der Waals surface area contributed by atoms with Crippen LogP contribution in [0.4, 0.5) is 11.4 Å². The molecule has 1 atom stereocenters. The highest BCUT2D eigenvalue weighted by Gasteiger charge is 2.19. The lowest BCUT2D eigenvalue weighted by molar-refractivity contribution is 0.328. The minimum absolute atomic E-state index is 0.470. The highest BCUT2D eigenvalue weighted by Crippen LogP contribution is 2.28. The Morgan fingerprint density at radius 3 is 2.67 bits per heavy atom. The molecular weight excluding hydrogens is 222 g/mol. The van der Waals surface area contributed by atoms with Crippen LogP contribution in [0.3, 0.4) is 0 Å². The minimum atomic E-state index is 0.470. The summed E-state index contributed by atoms with van der Waals surface area (Å²) in [5, 5.41) is 12.4. The Bertz CT molecular complexity index is 442. The van der Waals surface area contributed by atoms with Gasteiger partial charge >= 0.3 is 0 Å². The van der Waals surface area contributed by atoms with Gasteiger partial charge in [0.15, 0.2) is 0 Å². The lowest BCUT2D eigenvalue weighted by Gasteiger charge is -2.29. The molecule has 18 heavy (non-hydrogen) atoms. The molecule has 1 saturated carbocycles. The molecule has 0 spiro atoms. The van der Waals surface area contributed by atoms with Gasteiger partial charge < -0.3 is 11.1 Å². The van der Waals surface area contributed by atoms with Crippen molar-refractivity contribution in [3.63, 3.8) is 0 Å². The molecule has 3 N–H and O–H groups in total. The number of nitriles is 1. The van der Waals surface area contributed by atoms with Crippen molar-refractivity contribution in [2.24, 2.45) is 5.92 Å². The maximum Gasteiger partial charge on any atom is 0.101 e. The van der Waals surface area contributed by atoms with E-state index < -0.39 is 0 Å². The maximum absolute atomic E-state index is 8.84. The van der Waals surface area contributed by atoms with Crippen molar-refractivity contribution in [1.29, 1.82) is 5.26 Å². The SMILES string of the molecule is CC(Nc1ccc(C#N)c(N)c1)C1CCCCC1. The van der Waals surface area contributed by atoms with Crippen LogP contribution in [0.2, 0.25) is 0 Å². The molecule has 3 heteroatoms. The zero-order valence-electron chi connectivity index (χ0n) is 10.9. The summed E-state index contributed by atoms with van der Waals surface area (Å²) in [4.78, 5) is 0. The van der Waals surface area contributed by atoms with E-state index in [4.69, 9.17) is 11.0 Å². The third kappa shape index (κ3) is 2.95. The predicted molar refractivity (Wildman–Crippen MR) is 75.2 cm³/mol. The van der Waals surface area contributed by atoms with Crippen molar-refractivity contribution in [3.8, 4) is 6.07 Å². The van der Waals surface area contributed by atoms with E-state index in [0.717, 1.165) is 11.6 Å². The Morgan fingerprint density at radius 1 is 1.33 bits per heavy atom. The molecule has 1 fully saturated rings. The van der Waals surface area contributed by atoms with Gasteiger partial charge in [-0.25, -0.2) is 0 Å². The molecule has 0 saturated heterocycles. The monoisotopic (exact) mass is 243 g/mol. The summed E-state index contributed by atoms with van der Waals surface area (Å²) in [7, 11) is 0. The smallest absolute Gasteiger partial charge is 0.101 e. The number of hydrogen-bond donors (Lipinski definition) is 2. The van der Waals surface area contributed by atoms with Crippen molar-refractivity contribution in [2.75, 3.05) is 11.1 Å². The zero-order chi connectivity index (χ0) is 13.0. The number of nitrogens with two attached hydrogens (primary N) is 1. The van der Waals surface area contributed by atoms with Gasteiger partial charge in [0.25, 0.3) is 0 Å². The second-order valence-corrected chi connectivity index (χ2v) is 5.24. The number of rotatable bonds is 3. The first-order valence-electron chi connectivity index (χ1n) is 6.77. The molecule has 1 aliphatic rings. The largest absolute Gasteiger partial charge is 0.398 e. The van der Waals surface area contributed by atoms with Crippen LogP contribution in [0.5, 0.6) is 0 Å². The summed E-state index contributed by atoms with van der Waals surface area (Å²) in [6, 6.07) is 8.14. The van der Waals surface area contributed by atoms with Crippen molar-refractivity contribution in [2.45, 2.75) is 45.1 Å². The first kappa shape index (κ1) is 12.8. The van der Waals surface area contributed by atoms with Crippen LogP contribution >= 0.6 is 0 Å². The molecule has 1 aromatic rings. The highest BCUT2D eigenvalue weighted by molar-refractivity contribution is 5.62. The van der Waals surface area contributed by atoms with Gasteiger partial charge in [-0.05, 0) is 43.9 Å². The molecule has 0 aliphatic heterocycles. The molecule has 96 valence electrons. The van der Waals surface area contributed by atoms with Gasteiger partial charge in [0.05, 0.1) is 11.3 Å². The van der Waals surface area contributed by atoms with Crippen LogP contribution in [-0.4, -0.2) is 6.04 Å². The minimum Gasteiger partial charge on any atom is -0.398 e. The van der Waals surface area contributed by atoms with E-state index >= 15 is 0 Å². The topological polar surface area (TPSA) is 61.8 Å². The van der Waals surface area contributed by atoms with Crippen molar-refractivity contribution >= 4 is 11.4 Å². The Kier molecular flexibility index (Phi) is 4.09. The first-order chi connectivity index (χ1) is 8.70. The molecular formula is C15H21N3. The average molecular weight is 243 g/mol. The molecule has 1 unspecified atom stereocenters. The van der Waals surface area contributed by atoms with Gasteiger partial charge in [-0.3, -0.25) is 0 Å². The molecule has 2 rings (SSSR count). The number of hydrogen-bond acceptors (Lipinski definition) is 3. The molecule has 3 nitrogen and oxygen atoms in total. The Balaban J connectivity index is 2.00. The molecule has 0 heterocycles.